The van der Waals surface area contributed by atoms with Gasteiger partial charge in [0.15, 0.2) is 5.69 Å². The van der Waals surface area contributed by atoms with Gasteiger partial charge in [-0.15, -0.1) is 0 Å². The Bertz CT molecular complexity index is 637. The number of alkyl halides is 3. The van der Waals surface area contributed by atoms with Gasteiger partial charge in [-0.2, -0.15) is 23.5 Å². The van der Waals surface area contributed by atoms with Crippen LogP contribution in [0.5, 0.6) is 0 Å². The van der Waals surface area contributed by atoms with Crippen molar-refractivity contribution in [1.29, 1.82) is 5.26 Å². The second kappa shape index (κ2) is 3.74. The van der Waals surface area contributed by atoms with Crippen LogP contribution in [0.3, 0.4) is 0 Å². The summed E-state index contributed by atoms with van der Waals surface area (Å²) in [5, 5.41) is 15.1. The van der Waals surface area contributed by atoms with Gasteiger partial charge in [-0.05, 0) is 34.5 Å². The molecule has 0 amide bonds. The summed E-state index contributed by atoms with van der Waals surface area (Å²) in [6.45, 7) is 1.36. The maximum atomic E-state index is 12.8. The summed E-state index contributed by atoms with van der Waals surface area (Å²) in [5.74, 6) is 0. The highest BCUT2D eigenvalue weighted by Crippen LogP contribution is 2.41. The van der Waals surface area contributed by atoms with Crippen LogP contribution in [0, 0.1) is 18.3 Å². The first-order valence-electron chi connectivity index (χ1n) is 4.50. The summed E-state index contributed by atoms with van der Waals surface area (Å²) in [6, 6.07) is 3.08. The molecule has 88 valence electrons. The number of nitriles is 1. The maximum Gasteiger partial charge on any atom is 0.417 e. The molecule has 1 N–H and O–H groups in total. The second-order valence-corrected chi connectivity index (χ2v) is 4.28. The molecule has 0 radical (unpaired) electrons. The molecule has 0 atom stereocenters. The lowest BCUT2D eigenvalue weighted by Crippen LogP contribution is -2.08. The molecule has 0 saturated carbocycles. The standard InChI is InChI=1S/C10H5BrF3N3/c1-4-2-5-7(6(3-15)17-16-5)9(11)8(4)10(12,13)14/h2H,1H3,(H,16,17). The fourth-order valence-corrected chi connectivity index (χ4v) is 2.64. The van der Waals surface area contributed by atoms with E-state index in [1.54, 1.807) is 6.07 Å². The molecular formula is C10H5BrF3N3. The average molecular weight is 304 g/mol. The topological polar surface area (TPSA) is 52.5 Å². The highest BCUT2D eigenvalue weighted by Gasteiger charge is 2.36. The fraction of sp³-hybridized carbons (Fsp3) is 0.200. The van der Waals surface area contributed by atoms with Gasteiger partial charge in [0.2, 0.25) is 0 Å². The van der Waals surface area contributed by atoms with Crippen LogP contribution in [0.2, 0.25) is 0 Å². The molecule has 0 aliphatic rings. The molecule has 0 unspecified atom stereocenters. The lowest BCUT2D eigenvalue weighted by Gasteiger charge is -2.12. The van der Waals surface area contributed by atoms with E-state index in [0.717, 1.165) is 0 Å². The third kappa shape index (κ3) is 1.78. The van der Waals surface area contributed by atoms with Crippen molar-refractivity contribution in [2.45, 2.75) is 13.1 Å². The van der Waals surface area contributed by atoms with E-state index >= 15 is 0 Å². The molecule has 0 bridgehead atoms. The van der Waals surface area contributed by atoms with Crippen LogP contribution in [0.4, 0.5) is 13.2 Å². The number of H-pyrrole nitrogens is 1. The van der Waals surface area contributed by atoms with Crippen molar-refractivity contribution in [2.24, 2.45) is 0 Å². The molecule has 0 fully saturated rings. The Morgan fingerprint density at radius 3 is 2.65 bits per heavy atom. The Kier molecular flexibility index (Phi) is 2.62. The van der Waals surface area contributed by atoms with Crippen molar-refractivity contribution >= 4 is 26.8 Å². The predicted molar refractivity (Wildman–Crippen MR) is 58.2 cm³/mol. The molecule has 1 aromatic carbocycles. The monoisotopic (exact) mass is 303 g/mol. The van der Waals surface area contributed by atoms with Gasteiger partial charge >= 0.3 is 6.18 Å². The first-order valence-corrected chi connectivity index (χ1v) is 5.30. The van der Waals surface area contributed by atoms with Gasteiger partial charge < -0.3 is 0 Å². The van der Waals surface area contributed by atoms with Gasteiger partial charge in [-0.25, -0.2) is 0 Å². The predicted octanol–water partition coefficient (Wildman–Crippen LogP) is 3.52. The van der Waals surface area contributed by atoms with Gasteiger partial charge in [-0.1, -0.05) is 0 Å². The lowest BCUT2D eigenvalue weighted by atomic mass is 10.0. The number of nitrogens with one attached hydrogen (secondary N) is 1. The number of halogens is 4. The number of hydrogen-bond acceptors (Lipinski definition) is 2. The number of hydrogen-bond donors (Lipinski definition) is 1. The lowest BCUT2D eigenvalue weighted by molar-refractivity contribution is -0.138. The Labute approximate surface area is 102 Å². The zero-order valence-corrected chi connectivity index (χ0v) is 10.1. The quantitative estimate of drug-likeness (QED) is 0.809. The van der Waals surface area contributed by atoms with Gasteiger partial charge in [0.05, 0.1) is 16.5 Å². The minimum absolute atomic E-state index is 0.0580. The molecule has 0 aliphatic heterocycles. The van der Waals surface area contributed by atoms with E-state index in [-0.39, 0.29) is 21.1 Å². The summed E-state index contributed by atoms with van der Waals surface area (Å²) < 4.78 is 38.4. The van der Waals surface area contributed by atoms with Gasteiger partial charge in [0.25, 0.3) is 0 Å². The largest absolute Gasteiger partial charge is 0.417 e. The Hall–Kier alpha value is -1.55. The summed E-state index contributed by atoms with van der Waals surface area (Å²) in [5.41, 5.74) is -0.357. The first-order chi connectivity index (χ1) is 7.86. The van der Waals surface area contributed by atoms with Gasteiger partial charge in [0.1, 0.15) is 6.07 Å². The van der Waals surface area contributed by atoms with Crippen LogP contribution in [0.15, 0.2) is 10.5 Å². The van der Waals surface area contributed by atoms with E-state index in [0.29, 0.717) is 5.52 Å². The number of benzene rings is 1. The third-order valence-electron chi connectivity index (χ3n) is 2.38. The summed E-state index contributed by atoms with van der Waals surface area (Å²) >= 11 is 2.91. The maximum absolute atomic E-state index is 12.8. The van der Waals surface area contributed by atoms with E-state index in [1.165, 1.54) is 13.0 Å². The van der Waals surface area contributed by atoms with Gasteiger partial charge in [-0.3, -0.25) is 5.10 Å². The zero-order valence-electron chi connectivity index (χ0n) is 8.48. The van der Waals surface area contributed by atoms with E-state index in [2.05, 4.69) is 26.1 Å². The van der Waals surface area contributed by atoms with Crippen LogP contribution in [-0.2, 0) is 6.18 Å². The molecule has 17 heavy (non-hydrogen) atoms. The normalized spacial score (nSPS) is 11.8. The van der Waals surface area contributed by atoms with E-state index in [1.807, 2.05) is 0 Å². The van der Waals surface area contributed by atoms with Crippen molar-refractivity contribution in [1.82, 2.24) is 10.2 Å². The Morgan fingerprint density at radius 2 is 2.12 bits per heavy atom. The average Bonchev–Trinajstić information content (AvgIpc) is 2.58. The molecule has 0 aliphatic carbocycles. The van der Waals surface area contributed by atoms with E-state index < -0.39 is 11.7 Å². The summed E-state index contributed by atoms with van der Waals surface area (Å²) in [4.78, 5) is 0. The highest BCUT2D eigenvalue weighted by atomic mass is 79.9. The Morgan fingerprint density at radius 1 is 1.47 bits per heavy atom. The highest BCUT2D eigenvalue weighted by molar-refractivity contribution is 9.10. The molecular weight excluding hydrogens is 299 g/mol. The van der Waals surface area contributed by atoms with Gasteiger partial charge in [0, 0.05) is 4.47 Å². The number of rotatable bonds is 0. The fourth-order valence-electron chi connectivity index (χ4n) is 1.70. The SMILES string of the molecule is Cc1cc2[nH]nc(C#N)c2c(Br)c1C(F)(F)F. The van der Waals surface area contributed by atoms with Crippen LogP contribution < -0.4 is 0 Å². The minimum atomic E-state index is -4.47. The molecule has 1 aromatic heterocycles. The summed E-state index contributed by atoms with van der Waals surface area (Å²) in [6.07, 6.45) is -4.47. The van der Waals surface area contributed by atoms with Crippen molar-refractivity contribution < 1.29 is 13.2 Å². The second-order valence-electron chi connectivity index (χ2n) is 3.49. The van der Waals surface area contributed by atoms with Crippen molar-refractivity contribution in [3.8, 4) is 6.07 Å². The van der Waals surface area contributed by atoms with E-state index in [9.17, 15) is 13.2 Å². The van der Waals surface area contributed by atoms with E-state index in [4.69, 9.17) is 5.26 Å². The Balaban J connectivity index is 2.92. The van der Waals surface area contributed by atoms with Crippen LogP contribution in [0.1, 0.15) is 16.8 Å². The number of nitrogens with zero attached hydrogens (tertiary/aromatic N) is 2. The number of fused-ring (bicyclic) bond motifs is 1. The molecule has 7 heteroatoms. The van der Waals surface area contributed by atoms with Crippen molar-refractivity contribution in [3.63, 3.8) is 0 Å². The first kappa shape index (κ1) is 11.9. The molecule has 0 saturated heterocycles. The van der Waals surface area contributed by atoms with Crippen LogP contribution in [-0.4, -0.2) is 10.2 Å². The summed E-state index contributed by atoms with van der Waals surface area (Å²) in [7, 11) is 0. The zero-order chi connectivity index (χ0) is 12.8. The van der Waals surface area contributed by atoms with Crippen LogP contribution >= 0.6 is 15.9 Å². The third-order valence-corrected chi connectivity index (χ3v) is 3.17. The number of aryl methyl sites for hydroxylation is 1. The smallest absolute Gasteiger partial charge is 0.276 e. The minimum Gasteiger partial charge on any atom is -0.276 e. The van der Waals surface area contributed by atoms with Crippen molar-refractivity contribution in [3.05, 3.63) is 27.4 Å². The molecule has 0 spiro atoms. The molecule has 2 aromatic rings. The van der Waals surface area contributed by atoms with Crippen molar-refractivity contribution in [2.75, 3.05) is 0 Å². The number of aromatic amines is 1. The molecule has 1 heterocycles. The number of aromatic nitrogens is 2. The van der Waals surface area contributed by atoms with Crippen LogP contribution in [0.25, 0.3) is 10.9 Å². The molecule has 3 nitrogen and oxygen atoms in total. The molecule has 2 rings (SSSR count).